The van der Waals surface area contributed by atoms with E-state index in [2.05, 4.69) is 22.6 Å². The summed E-state index contributed by atoms with van der Waals surface area (Å²) in [5, 5.41) is 10.6. The second-order valence-corrected chi connectivity index (χ2v) is 4.92. The van der Waals surface area contributed by atoms with E-state index in [0.29, 0.717) is 6.54 Å². The fraction of sp³-hybridized carbons (Fsp3) is 0.750. The molecule has 1 saturated heterocycles. The van der Waals surface area contributed by atoms with Crippen molar-refractivity contribution in [3.8, 4) is 0 Å². The Morgan fingerprint density at radius 3 is 2.89 bits per heavy atom. The SMILES string of the molecule is CC1CCN(C(=O)NCCCn2ccnn2)CC1. The molecule has 1 fully saturated rings. The number of hydrogen-bond acceptors (Lipinski definition) is 3. The first-order chi connectivity index (χ1) is 8.75. The Labute approximate surface area is 107 Å². The average molecular weight is 251 g/mol. The van der Waals surface area contributed by atoms with E-state index in [1.807, 2.05) is 11.1 Å². The van der Waals surface area contributed by atoms with Crippen molar-refractivity contribution in [1.29, 1.82) is 0 Å². The maximum absolute atomic E-state index is 11.8. The third kappa shape index (κ3) is 3.72. The molecule has 18 heavy (non-hydrogen) atoms. The van der Waals surface area contributed by atoms with Crippen molar-refractivity contribution in [2.45, 2.75) is 32.7 Å². The van der Waals surface area contributed by atoms with Crippen LogP contribution in [0.3, 0.4) is 0 Å². The quantitative estimate of drug-likeness (QED) is 0.815. The van der Waals surface area contributed by atoms with Crippen LogP contribution in [0, 0.1) is 5.92 Å². The van der Waals surface area contributed by atoms with Crippen molar-refractivity contribution < 1.29 is 4.79 Å². The number of piperidine rings is 1. The molecule has 2 amide bonds. The lowest BCUT2D eigenvalue weighted by molar-refractivity contribution is 0.174. The Morgan fingerprint density at radius 2 is 2.22 bits per heavy atom. The Morgan fingerprint density at radius 1 is 1.44 bits per heavy atom. The molecular weight excluding hydrogens is 230 g/mol. The van der Waals surface area contributed by atoms with Gasteiger partial charge in [0.05, 0.1) is 6.20 Å². The summed E-state index contributed by atoms with van der Waals surface area (Å²) in [6, 6.07) is 0.0699. The second kappa shape index (κ2) is 6.37. The van der Waals surface area contributed by atoms with Gasteiger partial charge in [-0.1, -0.05) is 12.1 Å². The van der Waals surface area contributed by atoms with Gasteiger partial charge in [0.1, 0.15) is 0 Å². The highest BCUT2D eigenvalue weighted by atomic mass is 16.2. The highest BCUT2D eigenvalue weighted by molar-refractivity contribution is 5.74. The van der Waals surface area contributed by atoms with Crippen molar-refractivity contribution in [2.75, 3.05) is 19.6 Å². The lowest BCUT2D eigenvalue weighted by Gasteiger charge is -2.30. The van der Waals surface area contributed by atoms with Crippen LogP contribution >= 0.6 is 0 Å². The van der Waals surface area contributed by atoms with Gasteiger partial charge < -0.3 is 10.2 Å². The number of hydrogen-bond donors (Lipinski definition) is 1. The number of aryl methyl sites for hydroxylation is 1. The Hall–Kier alpha value is -1.59. The average Bonchev–Trinajstić information content (AvgIpc) is 2.88. The minimum absolute atomic E-state index is 0.0699. The zero-order chi connectivity index (χ0) is 12.8. The number of nitrogens with one attached hydrogen (secondary N) is 1. The van der Waals surface area contributed by atoms with E-state index in [4.69, 9.17) is 0 Å². The van der Waals surface area contributed by atoms with Crippen LogP contribution in [0.2, 0.25) is 0 Å². The van der Waals surface area contributed by atoms with Crippen molar-refractivity contribution in [3.05, 3.63) is 12.4 Å². The molecule has 0 aromatic carbocycles. The molecule has 1 aromatic heterocycles. The number of urea groups is 1. The summed E-state index contributed by atoms with van der Waals surface area (Å²) < 4.78 is 1.77. The molecule has 0 aliphatic carbocycles. The molecule has 0 radical (unpaired) electrons. The predicted octanol–water partition coefficient (Wildman–Crippen LogP) is 1.11. The molecule has 1 N–H and O–H groups in total. The maximum Gasteiger partial charge on any atom is 0.317 e. The number of aromatic nitrogens is 3. The highest BCUT2D eigenvalue weighted by Crippen LogP contribution is 2.15. The topological polar surface area (TPSA) is 63.1 Å². The number of nitrogens with zero attached hydrogens (tertiary/aromatic N) is 4. The lowest BCUT2D eigenvalue weighted by atomic mass is 10.00. The smallest absolute Gasteiger partial charge is 0.317 e. The van der Waals surface area contributed by atoms with Gasteiger partial charge in [0.15, 0.2) is 0 Å². The predicted molar refractivity (Wildman–Crippen MR) is 68.0 cm³/mol. The van der Waals surface area contributed by atoms with Gasteiger partial charge in [-0.05, 0) is 25.2 Å². The summed E-state index contributed by atoms with van der Waals surface area (Å²) in [6.07, 6.45) is 6.60. The van der Waals surface area contributed by atoms with Crippen LogP contribution in [0.4, 0.5) is 4.79 Å². The van der Waals surface area contributed by atoms with E-state index in [0.717, 1.165) is 44.8 Å². The monoisotopic (exact) mass is 251 g/mol. The molecule has 100 valence electrons. The first kappa shape index (κ1) is 12.9. The molecule has 2 rings (SSSR count). The molecule has 1 aliphatic rings. The van der Waals surface area contributed by atoms with Crippen LogP contribution in [0.15, 0.2) is 12.4 Å². The molecule has 0 saturated carbocycles. The molecule has 2 heterocycles. The summed E-state index contributed by atoms with van der Waals surface area (Å²) in [5.74, 6) is 0.751. The number of likely N-dealkylation sites (tertiary alicyclic amines) is 1. The fourth-order valence-corrected chi connectivity index (χ4v) is 2.11. The van der Waals surface area contributed by atoms with Crippen LogP contribution in [-0.2, 0) is 6.54 Å². The van der Waals surface area contributed by atoms with Gasteiger partial charge >= 0.3 is 6.03 Å². The van der Waals surface area contributed by atoms with Gasteiger partial charge in [-0.3, -0.25) is 4.68 Å². The summed E-state index contributed by atoms with van der Waals surface area (Å²) in [6.45, 7) is 5.49. The maximum atomic E-state index is 11.8. The molecule has 0 bridgehead atoms. The summed E-state index contributed by atoms with van der Waals surface area (Å²) in [4.78, 5) is 13.8. The molecule has 0 spiro atoms. The summed E-state index contributed by atoms with van der Waals surface area (Å²) >= 11 is 0. The summed E-state index contributed by atoms with van der Waals surface area (Å²) in [5.41, 5.74) is 0. The van der Waals surface area contributed by atoms with Crippen LogP contribution < -0.4 is 5.32 Å². The van der Waals surface area contributed by atoms with Crippen LogP contribution in [-0.4, -0.2) is 45.6 Å². The van der Waals surface area contributed by atoms with E-state index in [9.17, 15) is 4.79 Å². The van der Waals surface area contributed by atoms with E-state index in [1.54, 1.807) is 10.9 Å². The molecule has 0 unspecified atom stereocenters. The first-order valence-corrected chi connectivity index (χ1v) is 6.62. The second-order valence-electron chi connectivity index (χ2n) is 4.92. The Balaban J connectivity index is 1.60. The van der Waals surface area contributed by atoms with Gasteiger partial charge in [0.2, 0.25) is 0 Å². The summed E-state index contributed by atoms with van der Waals surface area (Å²) in [7, 11) is 0. The molecule has 6 nitrogen and oxygen atoms in total. The van der Waals surface area contributed by atoms with Gasteiger partial charge in [-0.25, -0.2) is 4.79 Å². The minimum atomic E-state index is 0.0699. The van der Waals surface area contributed by atoms with Crippen LogP contribution in [0.5, 0.6) is 0 Å². The number of carbonyl (C=O) groups is 1. The molecule has 0 atom stereocenters. The number of carbonyl (C=O) groups excluding carboxylic acids is 1. The zero-order valence-corrected chi connectivity index (χ0v) is 10.9. The third-order valence-electron chi connectivity index (χ3n) is 3.38. The van der Waals surface area contributed by atoms with Crippen molar-refractivity contribution in [1.82, 2.24) is 25.2 Å². The lowest BCUT2D eigenvalue weighted by Crippen LogP contribution is -2.44. The Bertz CT molecular complexity index is 357. The fourth-order valence-electron chi connectivity index (χ4n) is 2.11. The standard InChI is InChI=1S/C12H21N5O/c1-11-3-8-16(9-4-11)12(18)13-5-2-7-17-10-6-14-15-17/h6,10-11H,2-5,7-9H2,1H3,(H,13,18). The van der Waals surface area contributed by atoms with E-state index < -0.39 is 0 Å². The van der Waals surface area contributed by atoms with Crippen molar-refractivity contribution >= 4 is 6.03 Å². The molecule has 6 heteroatoms. The van der Waals surface area contributed by atoms with Crippen LogP contribution in [0.25, 0.3) is 0 Å². The minimum Gasteiger partial charge on any atom is -0.338 e. The zero-order valence-electron chi connectivity index (χ0n) is 10.9. The van der Waals surface area contributed by atoms with E-state index in [-0.39, 0.29) is 6.03 Å². The largest absolute Gasteiger partial charge is 0.338 e. The van der Waals surface area contributed by atoms with Crippen LogP contribution in [0.1, 0.15) is 26.2 Å². The molecule has 1 aliphatic heterocycles. The van der Waals surface area contributed by atoms with Gasteiger partial charge in [0.25, 0.3) is 0 Å². The van der Waals surface area contributed by atoms with Crippen molar-refractivity contribution in [3.63, 3.8) is 0 Å². The van der Waals surface area contributed by atoms with Gasteiger partial charge in [0, 0.05) is 32.4 Å². The normalized spacial score (nSPS) is 16.8. The van der Waals surface area contributed by atoms with Gasteiger partial charge in [-0.2, -0.15) is 0 Å². The van der Waals surface area contributed by atoms with E-state index in [1.165, 1.54) is 0 Å². The Kier molecular flexibility index (Phi) is 4.55. The highest BCUT2D eigenvalue weighted by Gasteiger charge is 2.19. The third-order valence-corrected chi connectivity index (χ3v) is 3.38. The van der Waals surface area contributed by atoms with E-state index >= 15 is 0 Å². The molecule has 1 aromatic rings. The van der Waals surface area contributed by atoms with Crippen molar-refractivity contribution in [2.24, 2.45) is 5.92 Å². The number of amides is 2. The molecular formula is C12H21N5O. The first-order valence-electron chi connectivity index (χ1n) is 6.62. The number of rotatable bonds is 4. The van der Waals surface area contributed by atoms with Gasteiger partial charge in [-0.15, -0.1) is 5.10 Å².